The Bertz CT molecular complexity index is 296. The molecule has 1 N–H and O–H groups in total. The van der Waals surface area contributed by atoms with E-state index in [1.807, 2.05) is 13.8 Å². The smallest absolute Gasteiger partial charge is 0.226 e. The normalized spacial score (nSPS) is 10.1. The Morgan fingerprint density at radius 1 is 1.50 bits per heavy atom. The second kappa shape index (κ2) is 5.36. The molecule has 0 saturated heterocycles. The number of hydrogen-bond donors (Lipinski definition) is 1. The summed E-state index contributed by atoms with van der Waals surface area (Å²) in [5.74, 6) is 1.34. The van der Waals surface area contributed by atoms with Gasteiger partial charge in [0.25, 0.3) is 0 Å². The third-order valence-electron chi connectivity index (χ3n) is 1.80. The molecule has 0 fully saturated rings. The largest absolute Gasteiger partial charge is 0.356 e. The predicted molar refractivity (Wildman–Crippen MR) is 50.7 cm³/mol. The van der Waals surface area contributed by atoms with E-state index in [4.69, 9.17) is 4.52 Å². The van der Waals surface area contributed by atoms with Gasteiger partial charge in [0.2, 0.25) is 11.8 Å². The highest BCUT2D eigenvalue weighted by Gasteiger charge is 2.04. The molecule has 0 radical (unpaired) electrons. The van der Waals surface area contributed by atoms with Crippen LogP contribution in [0.4, 0.5) is 0 Å². The number of rotatable bonds is 5. The van der Waals surface area contributed by atoms with Crippen LogP contribution < -0.4 is 5.32 Å². The lowest BCUT2D eigenvalue weighted by atomic mass is 10.4. The Hall–Kier alpha value is -1.39. The molecular formula is C9H15N3O2. The van der Waals surface area contributed by atoms with Crippen LogP contribution in [0.2, 0.25) is 0 Å². The molecule has 1 amide bonds. The number of hydrogen-bond acceptors (Lipinski definition) is 4. The first-order valence-corrected chi connectivity index (χ1v) is 4.84. The van der Waals surface area contributed by atoms with E-state index >= 15 is 0 Å². The molecule has 0 aromatic carbocycles. The Morgan fingerprint density at radius 2 is 2.29 bits per heavy atom. The highest BCUT2D eigenvalue weighted by atomic mass is 16.5. The maximum absolute atomic E-state index is 10.9. The summed E-state index contributed by atoms with van der Waals surface area (Å²) in [4.78, 5) is 15.0. The van der Waals surface area contributed by atoms with Crippen LogP contribution in [0.5, 0.6) is 0 Å². The summed E-state index contributed by atoms with van der Waals surface area (Å²) in [5, 5.41) is 6.52. The molecule has 0 unspecified atom stereocenters. The molecule has 14 heavy (non-hydrogen) atoms. The third kappa shape index (κ3) is 3.16. The minimum absolute atomic E-state index is 0.0456. The fourth-order valence-corrected chi connectivity index (χ4v) is 0.974. The topological polar surface area (TPSA) is 68.0 Å². The molecule has 0 atom stereocenters. The number of carbonyl (C=O) groups excluding carboxylic acids is 1. The van der Waals surface area contributed by atoms with Gasteiger partial charge in [-0.15, -0.1) is 0 Å². The SMILES string of the molecule is CCC(=O)NCCc1noc(CC)n1. The number of aromatic nitrogens is 2. The molecule has 1 aromatic heterocycles. The zero-order valence-corrected chi connectivity index (χ0v) is 8.54. The molecule has 5 heteroatoms. The Morgan fingerprint density at radius 3 is 2.86 bits per heavy atom. The quantitative estimate of drug-likeness (QED) is 0.754. The fraction of sp³-hybridized carbons (Fsp3) is 0.667. The zero-order valence-electron chi connectivity index (χ0n) is 8.54. The van der Waals surface area contributed by atoms with Crippen molar-refractivity contribution in [3.05, 3.63) is 11.7 Å². The van der Waals surface area contributed by atoms with Gasteiger partial charge in [-0.3, -0.25) is 4.79 Å². The first-order valence-electron chi connectivity index (χ1n) is 4.84. The maximum atomic E-state index is 10.9. The number of nitrogens with zero attached hydrogens (tertiary/aromatic N) is 2. The van der Waals surface area contributed by atoms with E-state index in [0.717, 1.165) is 6.42 Å². The lowest BCUT2D eigenvalue weighted by Gasteiger charge is -1.98. The molecule has 0 saturated carbocycles. The second-order valence-electron chi connectivity index (χ2n) is 2.91. The molecule has 0 aliphatic heterocycles. The minimum Gasteiger partial charge on any atom is -0.356 e. The van der Waals surface area contributed by atoms with E-state index in [2.05, 4.69) is 15.5 Å². The summed E-state index contributed by atoms with van der Waals surface area (Å²) in [7, 11) is 0. The van der Waals surface area contributed by atoms with Crippen molar-refractivity contribution in [3.63, 3.8) is 0 Å². The van der Waals surface area contributed by atoms with E-state index in [-0.39, 0.29) is 5.91 Å². The predicted octanol–water partition coefficient (Wildman–Crippen LogP) is 0.701. The molecule has 1 rings (SSSR count). The summed E-state index contributed by atoms with van der Waals surface area (Å²) in [6, 6.07) is 0. The lowest BCUT2D eigenvalue weighted by Crippen LogP contribution is -2.24. The van der Waals surface area contributed by atoms with Gasteiger partial charge in [-0.05, 0) is 0 Å². The van der Waals surface area contributed by atoms with Gasteiger partial charge in [0.05, 0.1) is 0 Å². The number of nitrogens with one attached hydrogen (secondary N) is 1. The number of carbonyl (C=O) groups is 1. The first-order chi connectivity index (χ1) is 6.76. The van der Waals surface area contributed by atoms with E-state index in [9.17, 15) is 4.79 Å². The van der Waals surface area contributed by atoms with Crippen LogP contribution in [0, 0.1) is 0 Å². The van der Waals surface area contributed by atoms with Gasteiger partial charge in [0, 0.05) is 25.8 Å². The van der Waals surface area contributed by atoms with Gasteiger partial charge in [-0.1, -0.05) is 19.0 Å². The van der Waals surface area contributed by atoms with Crippen molar-refractivity contribution in [2.75, 3.05) is 6.54 Å². The van der Waals surface area contributed by atoms with Gasteiger partial charge in [0.1, 0.15) is 0 Å². The first kappa shape index (κ1) is 10.7. The van der Waals surface area contributed by atoms with Crippen molar-refractivity contribution in [3.8, 4) is 0 Å². The molecule has 78 valence electrons. The molecule has 0 bridgehead atoms. The van der Waals surface area contributed by atoms with Crippen molar-refractivity contribution in [1.82, 2.24) is 15.5 Å². The van der Waals surface area contributed by atoms with Gasteiger partial charge in [0.15, 0.2) is 5.82 Å². The van der Waals surface area contributed by atoms with Crippen LogP contribution in [0.3, 0.4) is 0 Å². The average molecular weight is 197 g/mol. The second-order valence-corrected chi connectivity index (χ2v) is 2.91. The number of amides is 1. The van der Waals surface area contributed by atoms with Crippen LogP contribution in [0.25, 0.3) is 0 Å². The monoisotopic (exact) mass is 197 g/mol. The standard InChI is InChI=1S/C9H15N3O2/c1-3-8(13)10-6-5-7-11-9(4-2)14-12-7/h3-6H2,1-2H3,(H,10,13). The summed E-state index contributed by atoms with van der Waals surface area (Å²) in [6.45, 7) is 4.34. The van der Waals surface area contributed by atoms with Crippen LogP contribution in [0.15, 0.2) is 4.52 Å². The maximum Gasteiger partial charge on any atom is 0.226 e. The summed E-state index contributed by atoms with van der Waals surface area (Å²) >= 11 is 0. The van der Waals surface area contributed by atoms with E-state index in [1.54, 1.807) is 0 Å². The molecule has 1 heterocycles. The van der Waals surface area contributed by atoms with Crippen molar-refractivity contribution in [2.45, 2.75) is 33.1 Å². The van der Waals surface area contributed by atoms with E-state index in [0.29, 0.717) is 31.1 Å². The molecular weight excluding hydrogens is 182 g/mol. The van der Waals surface area contributed by atoms with Crippen molar-refractivity contribution in [1.29, 1.82) is 0 Å². The van der Waals surface area contributed by atoms with Gasteiger partial charge in [-0.25, -0.2) is 0 Å². The van der Waals surface area contributed by atoms with Crippen LogP contribution in [-0.2, 0) is 17.6 Å². The number of aryl methyl sites for hydroxylation is 1. The van der Waals surface area contributed by atoms with Crippen molar-refractivity contribution < 1.29 is 9.32 Å². The molecule has 0 aliphatic rings. The highest BCUT2D eigenvalue weighted by molar-refractivity contribution is 5.75. The zero-order chi connectivity index (χ0) is 10.4. The average Bonchev–Trinajstić information content (AvgIpc) is 2.65. The Labute approximate surface area is 82.9 Å². The fourth-order valence-electron chi connectivity index (χ4n) is 0.974. The summed E-state index contributed by atoms with van der Waals surface area (Å²) < 4.78 is 4.92. The Kier molecular flexibility index (Phi) is 4.10. The van der Waals surface area contributed by atoms with Gasteiger partial charge < -0.3 is 9.84 Å². The van der Waals surface area contributed by atoms with Gasteiger partial charge >= 0.3 is 0 Å². The lowest BCUT2D eigenvalue weighted by molar-refractivity contribution is -0.120. The van der Waals surface area contributed by atoms with Gasteiger partial charge in [-0.2, -0.15) is 4.98 Å². The highest BCUT2D eigenvalue weighted by Crippen LogP contribution is 1.97. The van der Waals surface area contributed by atoms with Crippen molar-refractivity contribution in [2.24, 2.45) is 0 Å². The van der Waals surface area contributed by atoms with Crippen molar-refractivity contribution >= 4 is 5.91 Å². The van der Waals surface area contributed by atoms with E-state index < -0.39 is 0 Å². The summed E-state index contributed by atoms with van der Waals surface area (Å²) in [5.41, 5.74) is 0. The molecule has 1 aromatic rings. The van der Waals surface area contributed by atoms with Crippen LogP contribution >= 0.6 is 0 Å². The van der Waals surface area contributed by atoms with E-state index in [1.165, 1.54) is 0 Å². The third-order valence-corrected chi connectivity index (χ3v) is 1.80. The molecule has 0 aliphatic carbocycles. The summed E-state index contributed by atoms with van der Waals surface area (Å²) in [6.07, 6.45) is 1.87. The van der Waals surface area contributed by atoms with Crippen LogP contribution in [0.1, 0.15) is 32.0 Å². The minimum atomic E-state index is 0.0456. The molecule has 5 nitrogen and oxygen atoms in total. The van der Waals surface area contributed by atoms with Crippen LogP contribution in [-0.4, -0.2) is 22.6 Å². The molecule has 0 spiro atoms. The Balaban J connectivity index is 2.27.